The van der Waals surface area contributed by atoms with Gasteiger partial charge in [-0.3, -0.25) is 0 Å². The zero-order valence-corrected chi connectivity index (χ0v) is 6.04. The third-order valence-electron chi connectivity index (χ3n) is 1.36. The summed E-state index contributed by atoms with van der Waals surface area (Å²) in [7, 11) is 0. The summed E-state index contributed by atoms with van der Waals surface area (Å²) < 4.78 is 0. The van der Waals surface area contributed by atoms with Crippen molar-refractivity contribution < 1.29 is 0 Å². The van der Waals surface area contributed by atoms with Crippen LogP contribution in [0.5, 0.6) is 0 Å². The lowest BCUT2D eigenvalue weighted by Gasteiger charge is -1.94. The van der Waals surface area contributed by atoms with Crippen molar-refractivity contribution in [2.45, 2.75) is 6.54 Å². The highest BCUT2D eigenvalue weighted by Crippen LogP contribution is 2.11. The second-order valence-electron chi connectivity index (χ2n) is 2.09. The van der Waals surface area contributed by atoms with Crippen LogP contribution in [0, 0.1) is 5.41 Å². The fraction of sp³-hybridized carbons (Fsp3) is 0.125. The van der Waals surface area contributed by atoms with E-state index >= 15 is 0 Å². The highest BCUT2D eigenvalue weighted by atomic mass is 14.7. The molecule has 0 heterocycles. The fourth-order valence-electron chi connectivity index (χ4n) is 0.771. The molecular weight excluding hydrogens is 138 g/mol. The van der Waals surface area contributed by atoms with Crippen molar-refractivity contribution in [3.63, 3.8) is 0 Å². The van der Waals surface area contributed by atoms with E-state index in [1.807, 2.05) is 30.3 Å². The summed E-state index contributed by atoms with van der Waals surface area (Å²) in [5.41, 5.74) is 7.19. The van der Waals surface area contributed by atoms with Crippen molar-refractivity contribution in [2.75, 3.05) is 0 Å². The molecular formula is C8H9N3. The van der Waals surface area contributed by atoms with Gasteiger partial charge in [-0.05, 0) is 17.7 Å². The van der Waals surface area contributed by atoms with Crippen molar-refractivity contribution in [1.29, 1.82) is 5.41 Å². The van der Waals surface area contributed by atoms with Gasteiger partial charge < -0.3 is 5.73 Å². The van der Waals surface area contributed by atoms with Crippen LogP contribution in [0.1, 0.15) is 5.56 Å². The quantitative estimate of drug-likeness (QED) is 0.612. The highest BCUT2D eigenvalue weighted by Gasteiger charge is 1.88. The predicted molar refractivity (Wildman–Crippen MR) is 44.1 cm³/mol. The Morgan fingerprint density at radius 2 is 2.00 bits per heavy atom. The Labute approximate surface area is 65.1 Å². The van der Waals surface area contributed by atoms with Crippen LogP contribution in [0.2, 0.25) is 0 Å². The number of hydrogen-bond acceptors (Lipinski definition) is 3. The minimum absolute atomic E-state index is 0.536. The maximum absolute atomic E-state index is 6.60. The minimum atomic E-state index is 0.536. The standard InChI is InChI=1S/C8H9N3/c9-5-7-1-3-8(4-2-7)11-6-10/h1-4,10H,5,9H2. The topological polar surface area (TPSA) is 62.2 Å². The zero-order valence-electron chi connectivity index (χ0n) is 6.04. The van der Waals surface area contributed by atoms with E-state index in [-0.39, 0.29) is 0 Å². The van der Waals surface area contributed by atoms with Gasteiger partial charge in [-0.25, -0.2) is 5.41 Å². The number of rotatable bonds is 2. The van der Waals surface area contributed by atoms with Gasteiger partial charge in [-0.1, -0.05) is 12.1 Å². The first-order chi connectivity index (χ1) is 5.36. The van der Waals surface area contributed by atoms with E-state index in [1.165, 1.54) is 0 Å². The molecule has 56 valence electrons. The lowest BCUT2D eigenvalue weighted by atomic mass is 10.2. The van der Waals surface area contributed by atoms with E-state index in [1.54, 1.807) is 0 Å². The molecule has 1 aromatic carbocycles. The van der Waals surface area contributed by atoms with E-state index in [0.29, 0.717) is 6.54 Å². The monoisotopic (exact) mass is 147 g/mol. The largest absolute Gasteiger partial charge is 0.326 e. The van der Waals surface area contributed by atoms with Crippen LogP contribution in [0.3, 0.4) is 0 Å². The number of nitrogens with one attached hydrogen (secondary N) is 1. The first-order valence-electron chi connectivity index (χ1n) is 3.28. The third kappa shape index (κ3) is 2.00. The van der Waals surface area contributed by atoms with Crippen molar-refractivity contribution in [3.05, 3.63) is 29.8 Å². The molecule has 0 spiro atoms. The molecule has 0 aliphatic carbocycles. The van der Waals surface area contributed by atoms with E-state index in [2.05, 4.69) is 4.99 Å². The molecule has 0 radical (unpaired) electrons. The van der Waals surface area contributed by atoms with E-state index in [9.17, 15) is 0 Å². The Bertz CT molecular complexity index is 270. The van der Waals surface area contributed by atoms with Crippen molar-refractivity contribution in [1.82, 2.24) is 0 Å². The number of nitrogens with two attached hydrogens (primary N) is 1. The second kappa shape index (κ2) is 3.66. The lowest BCUT2D eigenvalue weighted by Crippen LogP contribution is -1.94. The van der Waals surface area contributed by atoms with Crippen molar-refractivity contribution in [2.24, 2.45) is 10.7 Å². The second-order valence-corrected chi connectivity index (χ2v) is 2.09. The highest BCUT2D eigenvalue weighted by molar-refractivity contribution is 5.50. The molecule has 0 fully saturated rings. The molecule has 3 nitrogen and oxygen atoms in total. The van der Waals surface area contributed by atoms with Gasteiger partial charge in [0.1, 0.15) is 0 Å². The van der Waals surface area contributed by atoms with E-state index in [4.69, 9.17) is 11.1 Å². The maximum atomic E-state index is 6.60. The Morgan fingerprint density at radius 1 is 1.36 bits per heavy atom. The molecule has 11 heavy (non-hydrogen) atoms. The molecule has 0 bridgehead atoms. The lowest BCUT2D eigenvalue weighted by molar-refractivity contribution is 1.07. The van der Waals surface area contributed by atoms with Crippen LogP contribution in [0.4, 0.5) is 5.69 Å². The molecule has 0 unspecified atom stereocenters. The van der Waals surface area contributed by atoms with Gasteiger partial charge in [0.2, 0.25) is 0 Å². The van der Waals surface area contributed by atoms with Crippen molar-refractivity contribution >= 4 is 11.7 Å². The number of aliphatic imine (C=N–C) groups is 1. The Hall–Kier alpha value is -1.44. The molecule has 0 aliphatic heterocycles. The Balaban J connectivity index is 2.91. The Morgan fingerprint density at radius 3 is 2.45 bits per heavy atom. The fourth-order valence-corrected chi connectivity index (χ4v) is 0.771. The summed E-state index contributed by atoms with van der Waals surface area (Å²) in [5.74, 6) is 0. The molecule has 1 rings (SSSR count). The van der Waals surface area contributed by atoms with Gasteiger partial charge in [0.25, 0.3) is 0 Å². The van der Waals surface area contributed by atoms with Gasteiger partial charge in [0.15, 0.2) is 0 Å². The summed E-state index contributed by atoms with van der Waals surface area (Å²) in [4.78, 5) is 3.66. The zero-order chi connectivity index (χ0) is 8.10. The molecule has 3 heteroatoms. The summed E-state index contributed by atoms with van der Waals surface area (Å²) in [6, 6.07) is 9.35. The molecule has 0 amide bonds. The average molecular weight is 147 g/mol. The minimum Gasteiger partial charge on any atom is -0.326 e. The number of hydrogen-bond donors (Lipinski definition) is 2. The summed E-state index contributed by atoms with van der Waals surface area (Å²) >= 11 is 0. The van der Waals surface area contributed by atoms with Gasteiger partial charge in [-0.15, -0.1) is 0 Å². The van der Waals surface area contributed by atoms with Gasteiger partial charge in [0.05, 0.1) is 11.7 Å². The third-order valence-corrected chi connectivity index (χ3v) is 1.36. The maximum Gasteiger partial charge on any atom is 0.0918 e. The number of nitrogens with zero attached hydrogens (tertiary/aromatic N) is 1. The molecule has 3 N–H and O–H groups in total. The molecule has 0 aliphatic rings. The molecule has 0 atom stereocenters. The average Bonchev–Trinajstić information content (AvgIpc) is 2.07. The van der Waals surface area contributed by atoms with Gasteiger partial charge in [0, 0.05) is 6.54 Å². The summed E-state index contributed by atoms with van der Waals surface area (Å²) in [6.07, 6.45) is 0. The SMILES string of the molecule is N=C=Nc1ccc(CN)cc1. The first kappa shape index (κ1) is 7.66. The molecule has 1 aromatic rings. The molecule has 0 aromatic heterocycles. The Kier molecular flexibility index (Phi) is 2.55. The van der Waals surface area contributed by atoms with Crippen LogP contribution in [-0.2, 0) is 6.54 Å². The van der Waals surface area contributed by atoms with Crippen LogP contribution in [-0.4, -0.2) is 6.01 Å². The normalized spacial score (nSPS) is 8.82. The van der Waals surface area contributed by atoms with Gasteiger partial charge >= 0.3 is 0 Å². The molecule has 0 saturated carbocycles. The smallest absolute Gasteiger partial charge is 0.0918 e. The first-order valence-corrected chi connectivity index (χ1v) is 3.28. The van der Waals surface area contributed by atoms with Crippen molar-refractivity contribution in [3.8, 4) is 0 Å². The van der Waals surface area contributed by atoms with Crippen LogP contribution >= 0.6 is 0 Å². The van der Waals surface area contributed by atoms with Crippen LogP contribution in [0.15, 0.2) is 29.3 Å². The molecule has 0 saturated heterocycles. The number of benzene rings is 1. The van der Waals surface area contributed by atoms with Crippen LogP contribution in [0.25, 0.3) is 0 Å². The summed E-state index contributed by atoms with van der Waals surface area (Å²) in [5, 5.41) is 6.60. The van der Waals surface area contributed by atoms with Gasteiger partial charge in [-0.2, -0.15) is 4.99 Å². The predicted octanol–water partition coefficient (Wildman–Crippen LogP) is 1.53. The van der Waals surface area contributed by atoms with E-state index < -0.39 is 0 Å². The summed E-state index contributed by atoms with van der Waals surface area (Å²) in [6.45, 7) is 0.536. The van der Waals surface area contributed by atoms with E-state index in [0.717, 1.165) is 11.3 Å². The van der Waals surface area contributed by atoms with Crippen LogP contribution < -0.4 is 5.73 Å².